The molecule has 0 radical (unpaired) electrons. The first kappa shape index (κ1) is 35.1. The maximum atomic E-state index is 17.0. The number of benzene rings is 9. The third-order valence-electron chi connectivity index (χ3n) is 13.5. The molecule has 0 saturated heterocycles. The Labute approximate surface area is 353 Å². The van der Waals surface area contributed by atoms with Gasteiger partial charge < -0.3 is 9.47 Å². The van der Waals surface area contributed by atoms with Crippen molar-refractivity contribution in [3.05, 3.63) is 250 Å². The van der Waals surface area contributed by atoms with Gasteiger partial charge in [-0.1, -0.05) is 146 Å². The van der Waals surface area contributed by atoms with E-state index in [2.05, 4.69) is 12.1 Å². The second-order valence-corrected chi connectivity index (χ2v) is 16.3. The van der Waals surface area contributed by atoms with Crippen molar-refractivity contribution < 1.29 is 27.0 Å². The van der Waals surface area contributed by atoms with Gasteiger partial charge in [0.2, 0.25) is 0 Å². The lowest BCUT2D eigenvalue weighted by Crippen LogP contribution is -2.32. The first-order chi connectivity index (χ1) is 30.4. The predicted molar refractivity (Wildman–Crippen MR) is 232 cm³/mol. The van der Waals surface area contributed by atoms with Gasteiger partial charge in [-0.05, 0) is 92.0 Å². The number of hydrogen-bond acceptors (Lipinski definition) is 2. The monoisotopic (exact) mass is 810 g/mol. The van der Waals surface area contributed by atoms with E-state index in [1.54, 1.807) is 36.4 Å². The first-order valence-electron chi connectivity index (χ1n) is 20.5. The number of para-hydroxylation sites is 4. The van der Waals surface area contributed by atoms with Crippen molar-refractivity contribution in [2.45, 2.75) is 10.8 Å². The Kier molecular flexibility index (Phi) is 7.04. The molecule has 0 atom stereocenters. The smallest absolute Gasteiger partial charge is 0.170 e. The molecule has 0 N–H and O–H groups in total. The van der Waals surface area contributed by atoms with E-state index in [1.807, 2.05) is 133 Å². The second-order valence-electron chi connectivity index (χ2n) is 16.3. The average Bonchev–Trinajstić information content (AvgIpc) is 3.76. The summed E-state index contributed by atoms with van der Waals surface area (Å²) in [5.74, 6) is -3.33. The number of fused-ring (bicyclic) bond motifs is 18. The molecule has 6 heteroatoms. The lowest BCUT2D eigenvalue weighted by atomic mass is 9.66. The van der Waals surface area contributed by atoms with Gasteiger partial charge in [0.05, 0.1) is 22.0 Å². The van der Waals surface area contributed by atoms with Crippen molar-refractivity contribution in [2.75, 3.05) is 0 Å². The van der Waals surface area contributed by atoms with Gasteiger partial charge >= 0.3 is 0 Å². The highest BCUT2D eigenvalue weighted by Crippen LogP contribution is 2.64. The largest absolute Gasteiger partial charge is 0.457 e. The number of hydrogen-bond donors (Lipinski definition) is 0. The Hall–Kier alpha value is -7.70. The summed E-state index contributed by atoms with van der Waals surface area (Å²) in [7, 11) is 0. The second kappa shape index (κ2) is 12.4. The minimum atomic E-state index is -1.48. The summed E-state index contributed by atoms with van der Waals surface area (Å²) in [6.45, 7) is 0. The van der Waals surface area contributed by atoms with Crippen molar-refractivity contribution in [3.63, 3.8) is 0 Å². The molecule has 2 nitrogen and oxygen atoms in total. The van der Waals surface area contributed by atoms with Gasteiger partial charge in [-0.15, -0.1) is 0 Å². The molecule has 4 aliphatic rings. The topological polar surface area (TPSA) is 18.5 Å². The number of ether oxygens (including phenoxy) is 2. The van der Waals surface area contributed by atoms with Gasteiger partial charge in [0.1, 0.15) is 23.0 Å². The number of halogens is 4. The zero-order chi connectivity index (χ0) is 41.5. The van der Waals surface area contributed by atoms with Crippen LogP contribution < -0.4 is 9.47 Å². The summed E-state index contributed by atoms with van der Waals surface area (Å²) < 4.78 is 80.9. The van der Waals surface area contributed by atoms with Crippen molar-refractivity contribution in [3.8, 4) is 67.5 Å². The molecule has 2 aliphatic carbocycles. The maximum absolute atomic E-state index is 17.0. The fraction of sp³-hybridized carbons (Fsp3) is 0.0357. The van der Waals surface area contributed by atoms with E-state index in [4.69, 9.17) is 9.47 Å². The van der Waals surface area contributed by atoms with Crippen LogP contribution in [0.15, 0.2) is 182 Å². The van der Waals surface area contributed by atoms with Crippen LogP contribution in [0.25, 0.3) is 44.5 Å². The van der Waals surface area contributed by atoms with Crippen molar-refractivity contribution in [2.24, 2.45) is 0 Å². The van der Waals surface area contributed by atoms with E-state index in [0.29, 0.717) is 23.0 Å². The number of rotatable bonds is 2. The molecule has 9 aromatic rings. The van der Waals surface area contributed by atoms with Crippen LogP contribution >= 0.6 is 0 Å². The van der Waals surface area contributed by atoms with Crippen LogP contribution in [-0.2, 0) is 10.8 Å². The van der Waals surface area contributed by atoms with Crippen molar-refractivity contribution in [1.29, 1.82) is 0 Å². The third kappa shape index (κ3) is 4.23. The molecule has 2 heterocycles. The highest BCUT2D eigenvalue weighted by atomic mass is 19.2. The van der Waals surface area contributed by atoms with Gasteiger partial charge in [-0.3, -0.25) is 0 Å². The molecular weight excluding hydrogens is 781 g/mol. The Morgan fingerprint density at radius 3 is 0.887 bits per heavy atom. The summed E-state index contributed by atoms with van der Waals surface area (Å²) in [6.07, 6.45) is 0. The van der Waals surface area contributed by atoms with Crippen LogP contribution in [0, 0.1) is 23.3 Å². The molecule has 0 aromatic heterocycles. The Morgan fingerprint density at radius 2 is 0.548 bits per heavy atom. The zero-order valence-corrected chi connectivity index (χ0v) is 32.6. The molecule has 62 heavy (non-hydrogen) atoms. The van der Waals surface area contributed by atoms with Gasteiger partial charge in [0.25, 0.3) is 0 Å². The van der Waals surface area contributed by atoms with Crippen molar-refractivity contribution >= 4 is 0 Å². The van der Waals surface area contributed by atoms with E-state index in [-0.39, 0.29) is 11.1 Å². The molecule has 294 valence electrons. The normalized spacial score (nSPS) is 14.6. The molecule has 0 fully saturated rings. The minimum Gasteiger partial charge on any atom is -0.457 e. The van der Waals surface area contributed by atoms with Crippen LogP contribution in [0.5, 0.6) is 23.0 Å². The lowest BCUT2D eigenvalue weighted by molar-refractivity contribution is 0.436. The Balaban J connectivity index is 1.02. The summed E-state index contributed by atoms with van der Waals surface area (Å²) in [5, 5.41) is 0. The minimum absolute atomic E-state index is 0.00973. The van der Waals surface area contributed by atoms with E-state index in [1.165, 1.54) is 0 Å². The van der Waals surface area contributed by atoms with E-state index >= 15 is 17.6 Å². The maximum Gasteiger partial charge on any atom is 0.170 e. The molecule has 0 amide bonds. The fourth-order valence-corrected chi connectivity index (χ4v) is 11.2. The predicted octanol–water partition coefficient (Wildman–Crippen LogP) is 14.5. The Morgan fingerprint density at radius 1 is 0.274 bits per heavy atom. The molecule has 0 unspecified atom stereocenters. The quantitative estimate of drug-likeness (QED) is 0.128. The average molecular weight is 811 g/mol. The zero-order valence-electron chi connectivity index (χ0n) is 32.6. The molecular formula is C56H30F4O2. The molecule has 13 rings (SSSR count). The van der Waals surface area contributed by atoms with Crippen LogP contribution in [0.4, 0.5) is 17.6 Å². The van der Waals surface area contributed by atoms with Crippen LogP contribution in [-0.4, -0.2) is 0 Å². The van der Waals surface area contributed by atoms with Gasteiger partial charge in [-0.2, -0.15) is 0 Å². The Bertz CT molecular complexity index is 3090. The highest BCUT2D eigenvalue weighted by molar-refractivity contribution is 5.92. The van der Waals surface area contributed by atoms with Crippen LogP contribution in [0.3, 0.4) is 0 Å². The van der Waals surface area contributed by atoms with E-state index in [9.17, 15) is 0 Å². The SMILES string of the molecule is Fc1c(F)c(-c2ccc3c(c2)C2(c4ccccc4Oc4ccccc42)c2ccccc2-3)c(F)c(F)c1-c1ccc2c(c1)C1(c3ccccc3Oc3ccccc31)c1ccccc1-2. The summed E-state index contributed by atoms with van der Waals surface area (Å²) >= 11 is 0. The van der Waals surface area contributed by atoms with Crippen LogP contribution in [0.2, 0.25) is 0 Å². The molecule has 0 saturated carbocycles. The molecule has 2 spiro atoms. The van der Waals surface area contributed by atoms with Gasteiger partial charge in [0, 0.05) is 22.3 Å². The van der Waals surface area contributed by atoms with Gasteiger partial charge in [-0.25, -0.2) is 17.6 Å². The van der Waals surface area contributed by atoms with E-state index in [0.717, 1.165) is 66.8 Å². The first-order valence-corrected chi connectivity index (χ1v) is 20.5. The highest BCUT2D eigenvalue weighted by Gasteiger charge is 2.53. The molecule has 9 aromatic carbocycles. The lowest BCUT2D eigenvalue weighted by Gasteiger charge is -2.39. The molecule has 2 aliphatic heterocycles. The van der Waals surface area contributed by atoms with Crippen molar-refractivity contribution in [1.82, 2.24) is 0 Å². The molecule has 0 bridgehead atoms. The van der Waals surface area contributed by atoms with Gasteiger partial charge in [0.15, 0.2) is 23.3 Å². The summed E-state index contributed by atoms with van der Waals surface area (Å²) in [4.78, 5) is 0. The van der Waals surface area contributed by atoms with Crippen LogP contribution in [0.1, 0.15) is 44.5 Å². The standard InChI is InChI=1S/C56H30F4O2/c57-51-49(31-25-27-35-33-13-1-3-15-37(33)55(43(35)29-31)39-17-5-9-21-45(39)61-46-22-10-6-18-40(46)55)52(58)54(60)50(53(51)59)32-26-28-36-34-14-2-4-16-38(34)56(44(36)30-32)41-19-7-11-23-47(41)62-48-24-12-8-20-42(48)56/h1-30H. The fourth-order valence-electron chi connectivity index (χ4n) is 11.2. The summed E-state index contributed by atoms with van der Waals surface area (Å²) in [5.41, 5.74) is 6.94. The third-order valence-corrected chi connectivity index (χ3v) is 13.5. The van der Waals surface area contributed by atoms with E-state index < -0.39 is 45.2 Å². The summed E-state index contributed by atoms with van der Waals surface area (Å²) in [6, 6.07) is 57.0.